The van der Waals surface area contributed by atoms with Crippen LogP contribution >= 0.6 is 27.3 Å². The fourth-order valence-corrected chi connectivity index (χ4v) is 3.59. The monoisotopic (exact) mass is 308 g/mol. The summed E-state index contributed by atoms with van der Waals surface area (Å²) >= 11 is 5.22. The second-order valence-electron chi connectivity index (χ2n) is 4.60. The van der Waals surface area contributed by atoms with E-state index in [4.69, 9.17) is 5.73 Å². The summed E-state index contributed by atoms with van der Waals surface area (Å²) in [7, 11) is 0. The predicted molar refractivity (Wildman–Crippen MR) is 75.1 cm³/mol. The Hall–Kier alpha value is -0.710. The van der Waals surface area contributed by atoms with Crippen LogP contribution in [0, 0.1) is 6.92 Å². The number of benzene rings is 1. The molecule has 2 N–H and O–H groups in total. The van der Waals surface area contributed by atoms with Gasteiger partial charge in [0.15, 0.2) is 0 Å². The van der Waals surface area contributed by atoms with Gasteiger partial charge >= 0.3 is 0 Å². The normalized spacial score (nSPS) is 17.1. The zero-order chi connectivity index (χ0) is 12.0. The molecule has 4 heteroatoms. The quantitative estimate of drug-likeness (QED) is 0.915. The molecule has 0 spiro atoms. The van der Waals surface area contributed by atoms with E-state index >= 15 is 0 Å². The van der Waals surface area contributed by atoms with Crippen LogP contribution in [0.2, 0.25) is 0 Å². The van der Waals surface area contributed by atoms with Gasteiger partial charge in [-0.2, -0.15) is 0 Å². The number of thiazole rings is 1. The van der Waals surface area contributed by atoms with Gasteiger partial charge in [0, 0.05) is 14.9 Å². The molecule has 0 atom stereocenters. The standard InChI is InChI=1S/C13H13BrN2S/c1-8-11(13(15)5-6-13)17-12(16-8)9-3-2-4-10(14)7-9/h2-4,7H,5-6,15H2,1H3. The third-order valence-corrected chi connectivity index (χ3v) is 5.03. The molecule has 1 aromatic carbocycles. The molecule has 88 valence electrons. The van der Waals surface area contributed by atoms with Crippen molar-refractivity contribution < 1.29 is 0 Å². The maximum absolute atomic E-state index is 6.25. The topological polar surface area (TPSA) is 38.9 Å². The highest BCUT2D eigenvalue weighted by Crippen LogP contribution is 2.47. The van der Waals surface area contributed by atoms with Gasteiger partial charge in [0.25, 0.3) is 0 Å². The van der Waals surface area contributed by atoms with E-state index in [1.54, 1.807) is 11.3 Å². The highest BCUT2D eigenvalue weighted by Gasteiger charge is 2.43. The number of hydrogen-bond donors (Lipinski definition) is 1. The largest absolute Gasteiger partial charge is 0.321 e. The molecule has 0 radical (unpaired) electrons. The van der Waals surface area contributed by atoms with Gasteiger partial charge in [0.1, 0.15) is 5.01 Å². The maximum Gasteiger partial charge on any atom is 0.123 e. The van der Waals surface area contributed by atoms with Crippen molar-refractivity contribution in [3.63, 3.8) is 0 Å². The SMILES string of the molecule is Cc1nc(-c2cccc(Br)c2)sc1C1(N)CC1. The Labute approximate surface area is 113 Å². The van der Waals surface area contributed by atoms with Crippen LogP contribution in [0.1, 0.15) is 23.4 Å². The Morgan fingerprint density at radius 2 is 2.18 bits per heavy atom. The van der Waals surface area contributed by atoms with Crippen molar-refractivity contribution in [3.8, 4) is 10.6 Å². The van der Waals surface area contributed by atoms with Gasteiger partial charge in [-0.1, -0.05) is 28.1 Å². The molecule has 1 aliphatic rings. The molecule has 3 rings (SSSR count). The van der Waals surface area contributed by atoms with Gasteiger partial charge in [0.05, 0.1) is 11.2 Å². The van der Waals surface area contributed by atoms with Crippen LogP contribution < -0.4 is 5.73 Å². The summed E-state index contributed by atoms with van der Waals surface area (Å²) in [5.41, 5.74) is 8.42. The minimum Gasteiger partial charge on any atom is -0.321 e. The van der Waals surface area contributed by atoms with Gasteiger partial charge in [-0.05, 0) is 31.9 Å². The van der Waals surface area contributed by atoms with Gasteiger partial charge < -0.3 is 5.73 Å². The maximum atomic E-state index is 6.25. The highest BCUT2D eigenvalue weighted by atomic mass is 79.9. The number of nitrogens with zero attached hydrogens (tertiary/aromatic N) is 1. The molecule has 1 fully saturated rings. The number of aromatic nitrogens is 1. The zero-order valence-electron chi connectivity index (χ0n) is 9.53. The fraction of sp³-hybridized carbons (Fsp3) is 0.308. The first kappa shape index (κ1) is 11.4. The minimum absolute atomic E-state index is 0.0774. The Morgan fingerprint density at radius 3 is 2.82 bits per heavy atom. The molecule has 2 nitrogen and oxygen atoms in total. The van der Waals surface area contributed by atoms with E-state index in [0.717, 1.165) is 33.6 Å². The Kier molecular flexibility index (Phi) is 2.61. The van der Waals surface area contributed by atoms with Crippen LogP contribution in [0.4, 0.5) is 0 Å². The van der Waals surface area contributed by atoms with Crippen molar-refractivity contribution in [1.29, 1.82) is 0 Å². The summed E-state index contributed by atoms with van der Waals surface area (Å²) in [5, 5.41) is 1.07. The lowest BCUT2D eigenvalue weighted by Gasteiger charge is -2.04. The summed E-state index contributed by atoms with van der Waals surface area (Å²) in [5.74, 6) is 0. The van der Waals surface area contributed by atoms with Gasteiger partial charge in [-0.3, -0.25) is 0 Å². The van der Waals surface area contributed by atoms with Crippen LogP contribution in [0.25, 0.3) is 10.6 Å². The molecule has 0 bridgehead atoms. The molecular weight excluding hydrogens is 296 g/mol. The summed E-state index contributed by atoms with van der Waals surface area (Å²) in [6, 6.07) is 8.24. The number of halogens is 1. The van der Waals surface area contributed by atoms with Crippen LogP contribution in [0.15, 0.2) is 28.7 Å². The van der Waals surface area contributed by atoms with Crippen molar-refractivity contribution in [2.45, 2.75) is 25.3 Å². The van der Waals surface area contributed by atoms with Gasteiger partial charge in [0.2, 0.25) is 0 Å². The van der Waals surface area contributed by atoms with Crippen LogP contribution in [-0.4, -0.2) is 4.98 Å². The molecule has 17 heavy (non-hydrogen) atoms. The number of rotatable bonds is 2. The first-order valence-electron chi connectivity index (χ1n) is 5.61. The minimum atomic E-state index is -0.0774. The molecule has 2 aromatic rings. The molecule has 0 saturated heterocycles. The van der Waals surface area contributed by atoms with Gasteiger partial charge in [-0.15, -0.1) is 11.3 Å². The molecule has 0 unspecified atom stereocenters. The van der Waals surface area contributed by atoms with Crippen molar-refractivity contribution >= 4 is 27.3 Å². The van der Waals surface area contributed by atoms with Gasteiger partial charge in [-0.25, -0.2) is 4.98 Å². The first-order valence-corrected chi connectivity index (χ1v) is 7.22. The summed E-state index contributed by atoms with van der Waals surface area (Å²) in [6.45, 7) is 2.06. The van der Waals surface area contributed by atoms with Crippen molar-refractivity contribution in [3.05, 3.63) is 39.3 Å². The predicted octanol–water partition coefficient (Wildman–Crippen LogP) is 3.83. The summed E-state index contributed by atoms with van der Waals surface area (Å²) in [6.07, 6.45) is 2.18. The molecule has 1 heterocycles. The lowest BCUT2D eigenvalue weighted by molar-refractivity contribution is 0.748. The number of nitrogens with two attached hydrogens (primary N) is 1. The lowest BCUT2D eigenvalue weighted by Crippen LogP contribution is -2.18. The summed E-state index contributed by atoms with van der Waals surface area (Å²) < 4.78 is 1.08. The third kappa shape index (κ3) is 2.05. The average Bonchev–Trinajstić information content (AvgIpc) is 2.89. The molecule has 0 amide bonds. The Bertz CT molecular complexity index is 573. The Balaban J connectivity index is 2.05. The van der Waals surface area contributed by atoms with Crippen molar-refractivity contribution in [2.24, 2.45) is 5.73 Å². The Morgan fingerprint density at radius 1 is 1.41 bits per heavy atom. The van der Waals surface area contributed by atoms with Crippen LogP contribution in [0.5, 0.6) is 0 Å². The molecule has 1 saturated carbocycles. The third-order valence-electron chi connectivity index (χ3n) is 3.11. The van der Waals surface area contributed by atoms with E-state index in [2.05, 4.69) is 40.0 Å². The van der Waals surface area contributed by atoms with Crippen molar-refractivity contribution in [1.82, 2.24) is 4.98 Å². The smallest absolute Gasteiger partial charge is 0.123 e. The van der Waals surface area contributed by atoms with E-state index in [0.29, 0.717) is 0 Å². The molecular formula is C13H13BrN2S. The van der Waals surface area contributed by atoms with E-state index in [1.165, 1.54) is 4.88 Å². The second kappa shape index (κ2) is 3.90. The van der Waals surface area contributed by atoms with Crippen LogP contribution in [-0.2, 0) is 5.54 Å². The first-order chi connectivity index (χ1) is 8.08. The molecule has 1 aromatic heterocycles. The number of aryl methyl sites for hydroxylation is 1. The van der Waals surface area contributed by atoms with E-state index in [9.17, 15) is 0 Å². The summed E-state index contributed by atoms with van der Waals surface area (Å²) in [4.78, 5) is 5.90. The average molecular weight is 309 g/mol. The highest BCUT2D eigenvalue weighted by molar-refractivity contribution is 9.10. The molecule has 1 aliphatic carbocycles. The van der Waals surface area contributed by atoms with E-state index < -0.39 is 0 Å². The molecule has 0 aliphatic heterocycles. The fourth-order valence-electron chi connectivity index (χ4n) is 1.97. The number of hydrogen-bond acceptors (Lipinski definition) is 3. The van der Waals surface area contributed by atoms with Crippen LogP contribution in [0.3, 0.4) is 0 Å². The van der Waals surface area contributed by atoms with E-state index in [1.807, 2.05) is 12.1 Å². The van der Waals surface area contributed by atoms with E-state index in [-0.39, 0.29) is 5.54 Å². The van der Waals surface area contributed by atoms with Crippen molar-refractivity contribution in [2.75, 3.05) is 0 Å². The second-order valence-corrected chi connectivity index (χ2v) is 6.51. The zero-order valence-corrected chi connectivity index (χ0v) is 11.9. The lowest BCUT2D eigenvalue weighted by atomic mass is 10.2.